The molecule has 3 heteroatoms. The Bertz CT molecular complexity index is 336. The molecule has 0 aromatic heterocycles. The molecule has 1 aromatic carbocycles. The minimum Gasteiger partial charge on any atom is -0.508 e. The summed E-state index contributed by atoms with van der Waals surface area (Å²) in [4.78, 5) is 0. The van der Waals surface area contributed by atoms with E-state index in [1.165, 1.54) is 18.2 Å². The van der Waals surface area contributed by atoms with E-state index in [0.29, 0.717) is 18.7 Å². The number of hydrogen-bond acceptors (Lipinski definition) is 2. The van der Waals surface area contributed by atoms with Gasteiger partial charge < -0.3 is 10.4 Å². The summed E-state index contributed by atoms with van der Waals surface area (Å²) in [5.41, 5.74) is 1.56. The zero-order chi connectivity index (χ0) is 10.6. The van der Waals surface area contributed by atoms with E-state index >= 15 is 0 Å². The standard InChI is InChI=1S/C11H14FNO/c1-8(2)6-13-7-9-5-10(12)3-4-11(9)14/h3-5,13-14H,1,6-7H2,2H3. The lowest BCUT2D eigenvalue weighted by atomic mass is 10.2. The van der Waals surface area contributed by atoms with E-state index in [4.69, 9.17) is 0 Å². The van der Waals surface area contributed by atoms with Crippen LogP contribution in [0.3, 0.4) is 0 Å². The molecule has 0 bridgehead atoms. The number of halogens is 1. The smallest absolute Gasteiger partial charge is 0.123 e. The quantitative estimate of drug-likeness (QED) is 0.722. The number of rotatable bonds is 4. The maximum atomic E-state index is 12.8. The van der Waals surface area contributed by atoms with Crippen LogP contribution in [0.4, 0.5) is 4.39 Å². The van der Waals surface area contributed by atoms with Crippen molar-refractivity contribution in [3.05, 3.63) is 41.7 Å². The monoisotopic (exact) mass is 195 g/mol. The van der Waals surface area contributed by atoms with Crippen LogP contribution in [0.15, 0.2) is 30.4 Å². The molecule has 0 spiro atoms. The predicted octanol–water partition coefficient (Wildman–Crippen LogP) is 2.20. The van der Waals surface area contributed by atoms with Crippen molar-refractivity contribution in [1.29, 1.82) is 0 Å². The summed E-state index contributed by atoms with van der Waals surface area (Å²) >= 11 is 0. The number of hydrogen-bond donors (Lipinski definition) is 2. The first-order valence-electron chi connectivity index (χ1n) is 4.42. The lowest BCUT2D eigenvalue weighted by Gasteiger charge is -2.06. The summed E-state index contributed by atoms with van der Waals surface area (Å²) in [6, 6.07) is 3.91. The Kier molecular flexibility index (Phi) is 3.65. The van der Waals surface area contributed by atoms with E-state index in [-0.39, 0.29) is 11.6 Å². The number of benzene rings is 1. The summed E-state index contributed by atoms with van der Waals surface area (Å²) < 4.78 is 12.8. The molecule has 0 unspecified atom stereocenters. The fraction of sp³-hybridized carbons (Fsp3) is 0.273. The Balaban J connectivity index is 2.57. The highest BCUT2D eigenvalue weighted by atomic mass is 19.1. The molecule has 0 saturated carbocycles. The zero-order valence-electron chi connectivity index (χ0n) is 8.18. The van der Waals surface area contributed by atoms with Gasteiger partial charge in [-0.05, 0) is 25.1 Å². The molecule has 2 nitrogen and oxygen atoms in total. The maximum absolute atomic E-state index is 12.8. The van der Waals surface area contributed by atoms with Gasteiger partial charge in [-0.3, -0.25) is 0 Å². The van der Waals surface area contributed by atoms with Crippen molar-refractivity contribution < 1.29 is 9.50 Å². The second-order valence-electron chi connectivity index (χ2n) is 3.33. The van der Waals surface area contributed by atoms with E-state index in [2.05, 4.69) is 11.9 Å². The SMILES string of the molecule is C=C(C)CNCc1cc(F)ccc1O. The van der Waals surface area contributed by atoms with Gasteiger partial charge in [0, 0.05) is 18.7 Å². The van der Waals surface area contributed by atoms with Crippen molar-refractivity contribution in [3.8, 4) is 5.75 Å². The first kappa shape index (κ1) is 10.7. The fourth-order valence-electron chi connectivity index (χ4n) is 1.11. The van der Waals surface area contributed by atoms with Gasteiger partial charge in [-0.15, -0.1) is 0 Å². The molecule has 0 radical (unpaired) electrons. The molecule has 1 rings (SSSR count). The van der Waals surface area contributed by atoms with Crippen LogP contribution in [0.25, 0.3) is 0 Å². The number of nitrogens with one attached hydrogen (secondary N) is 1. The van der Waals surface area contributed by atoms with Gasteiger partial charge in [0.1, 0.15) is 11.6 Å². The van der Waals surface area contributed by atoms with Crippen LogP contribution in [-0.2, 0) is 6.54 Å². The molecule has 2 N–H and O–H groups in total. The van der Waals surface area contributed by atoms with Gasteiger partial charge in [0.25, 0.3) is 0 Å². The van der Waals surface area contributed by atoms with E-state index in [0.717, 1.165) is 5.57 Å². The minimum absolute atomic E-state index is 0.112. The number of phenols is 1. The Morgan fingerprint density at radius 3 is 2.93 bits per heavy atom. The second-order valence-corrected chi connectivity index (χ2v) is 3.33. The van der Waals surface area contributed by atoms with Gasteiger partial charge in [0.2, 0.25) is 0 Å². The van der Waals surface area contributed by atoms with E-state index in [1.807, 2.05) is 6.92 Å². The van der Waals surface area contributed by atoms with Crippen LogP contribution in [-0.4, -0.2) is 11.7 Å². The molecule has 76 valence electrons. The average molecular weight is 195 g/mol. The molecular formula is C11H14FNO. The Morgan fingerprint density at radius 2 is 2.29 bits per heavy atom. The second kappa shape index (κ2) is 4.77. The van der Waals surface area contributed by atoms with Crippen LogP contribution in [0.5, 0.6) is 5.75 Å². The van der Waals surface area contributed by atoms with Gasteiger partial charge in [-0.2, -0.15) is 0 Å². The van der Waals surface area contributed by atoms with Gasteiger partial charge >= 0.3 is 0 Å². The molecule has 0 atom stereocenters. The molecule has 0 aliphatic carbocycles. The predicted molar refractivity (Wildman–Crippen MR) is 54.6 cm³/mol. The summed E-state index contributed by atoms with van der Waals surface area (Å²) in [6.07, 6.45) is 0. The normalized spacial score (nSPS) is 10.1. The number of aromatic hydroxyl groups is 1. The van der Waals surface area contributed by atoms with E-state index < -0.39 is 0 Å². The van der Waals surface area contributed by atoms with Crippen molar-refractivity contribution in [2.75, 3.05) is 6.54 Å². The van der Waals surface area contributed by atoms with Crippen molar-refractivity contribution in [1.82, 2.24) is 5.32 Å². The van der Waals surface area contributed by atoms with Crippen molar-refractivity contribution in [2.24, 2.45) is 0 Å². The lowest BCUT2D eigenvalue weighted by Crippen LogP contribution is -2.15. The first-order chi connectivity index (χ1) is 6.59. The molecule has 0 fully saturated rings. The third-order valence-corrected chi connectivity index (χ3v) is 1.78. The summed E-state index contributed by atoms with van der Waals surface area (Å²) in [6.45, 7) is 6.73. The van der Waals surface area contributed by atoms with Gasteiger partial charge in [-0.1, -0.05) is 12.2 Å². The highest BCUT2D eigenvalue weighted by Gasteiger charge is 2.01. The summed E-state index contributed by atoms with van der Waals surface area (Å²) in [5.74, 6) is -0.226. The van der Waals surface area contributed by atoms with E-state index in [9.17, 15) is 9.50 Å². The largest absolute Gasteiger partial charge is 0.508 e. The average Bonchev–Trinajstić information content (AvgIpc) is 2.10. The molecule has 0 aliphatic rings. The first-order valence-corrected chi connectivity index (χ1v) is 4.42. The highest BCUT2D eigenvalue weighted by molar-refractivity contribution is 5.32. The third-order valence-electron chi connectivity index (χ3n) is 1.78. The summed E-state index contributed by atoms with van der Waals surface area (Å²) in [5, 5.41) is 12.4. The van der Waals surface area contributed by atoms with Crippen molar-refractivity contribution >= 4 is 0 Å². The Labute approximate surface area is 83.1 Å². The van der Waals surface area contributed by atoms with E-state index in [1.54, 1.807) is 0 Å². The lowest BCUT2D eigenvalue weighted by molar-refractivity contribution is 0.462. The van der Waals surface area contributed by atoms with Gasteiger partial charge in [-0.25, -0.2) is 4.39 Å². The van der Waals surface area contributed by atoms with Crippen LogP contribution >= 0.6 is 0 Å². The van der Waals surface area contributed by atoms with Crippen molar-refractivity contribution in [3.63, 3.8) is 0 Å². The summed E-state index contributed by atoms with van der Waals surface area (Å²) in [7, 11) is 0. The topological polar surface area (TPSA) is 32.3 Å². The molecule has 1 aromatic rings. The molecular weight excluding hydrogens is 181 g/mol. The van der Waals surface area contributed by atoms with Gasteiger partial charge in [0.15, 0.2) is 0 Å². The Hall–Kier alpha value is -1.35. The molecule has 0 heterocycles. The van der Waals surface area contributed by atoms with Crippen LogP contribution in [0, 0.1) is 5.82 Å². The molecule has 0 aliphatic heterocycles. The maximum Gasteiger partial charge on any atom is 0.123 e. The highest BCUT2D eigenvalue weighted by Crippen LogP contribution is 2.17. The van der Waals surface area contributed by atoms with Crippen LogP contribution in [0.2, 0.25) is 0 Å². The van der Waals surface area contributed by atoms with Crippen LogP contribution in [0.1, 0.15) is 12.5 Å². The molecule has 0 saturated heterocycles. The minimum atomic E-state index is -0.338. The molecule has 0 amide bonds. The fourth-order valence-corrected chi connectivity index (χ4v) is 1.11. The van der Waals surface area contributed by atoms with Gasteiger partial charge in [0.05, 0.1) is 0 Å². The third kappa shape index (κ3) is 3.18. The molecule has 14 heavy (non-hydrogen) atoms. The van der Waals surface area contributed by atoms with Crippen LogP contribution < -0.4 is 5.32 Å². The van der Waals surface area contributed by atoms with Crippen molar-refractivity contribution in [2.45, 2.75) is 13.5 Å². The number of phenolic OH excluding ortho intramolecular Hbond substituents is 1. The zero-order valence-corrected chi connectivity index (χ0v) is 8.18. The Morgan fingerprint density at radius 1 is 1.57 bits per heavy atom.